The summed E-state index contributed by atoms with van der Waals surface area (Å²) in [5.41, 5.74) is 3.42. The summed E-state index contributed by atoms with van der Waals surface area (Å²) in [7, 11) is 1.31. The molecule has 0 fully saturated rings. The Morgan fingerprint density at radius 2 is 1.93 bits per heavy atom. The predicted molar refractivity (Wildman–Crippen MR) is 116 cm³/mol. The lowest BCUT2D eigenvalue weighted by atomic mass is 10.1. The van der Waals surface area contributed by atoms with Gasteiger partial charge >= 0.3 is 5.97 Å². The molecular weight excluding hydrogens is 400 g/mol. The van der Waals surface area contributed by atoms with Crippen LogP contribution in [0.3, 0.4) is 0 Å². The Bertz CT molecular complexity index is 1310. The third kappa shape index (κ3) is 3.76. The van der Waals surface area contributed by atoms with E-state index in [1.165, 1.54) is 18.9 Å². The van der Waals surface area contributed by atoms with Crippen molar-refractivity contribution in [2.45, 2.75) is 24.8 Å². The second-order valence-electron chi connectivity index (χ2n) is 6.89. The summed E-state index contributed by atoms with van der Waals surface area (Å²) in [4.78, 5) is 29.7. The molecule has 2 aromatic carbocycles. The Morgan fingerprint density at radius 1 is 1.13 bits per heavy atom. The average molecular weight is 420 g/mol. The largest absolute Gasteiger partial charge is 0.463 e. The molecule has 0 aliphatic rings. The van der Waals surface area contributed by atoms with Gasteiger partial charge in [0.2, 0.25) is 5.76 Å². The van der Waals surface area contributed by atoms with Gasteiger partial charge in [-0.3, -0.25) is 9.36 Å². The molecular formula is C23H20N2O4S. The zero-order valence-corrected chi connectivity index (χ0v) is 17.7. The molecule has 7 heteroatoms. The van der Waals surface area contributed by atoms with Gasteiger partial charge in [0, 0.05) is 0 Å². The maximum Gasteiger partial charge on any atom is 0.373 e. The number of hydrogen-bond acceptors (Lipinski definition) is 6. The second kappa shape index (κ2) is 8.20. The van der Waals surface area contributed by atoms with Crippen LogP contribution in [0.5, 0.6) is 0 Å². The SMILES string of the molecule is COC(=O)c1ccc(CSc2nc3ccccc3c(=O)n2-c2ccc(C)cc2C)o1. The molecule has 4 rings (SSSR count). The number of aryl methyl sites for hydroxylation is 2. The number of thioether (sulfide) groups is 1. The van der Waals surface area contributed by atoms with Gasteiger partial charge in [0.05, 0.1) is 29.5 Å². The minimum Gasteiger partial charge on any atom is -0.463 e. The third-order valence-electron chi connectivity index (χ3n) is 4.73. The molecule has 6 nitrogen and oxygen atoms in total. The standard InChI is InChI=1S/C23H20N2O4S/c1-14-8-10-19(15(2)12-14)25-21(26)17-6-4-5-7-18(17)24-23(25)30-13-16-9-11-20(29-16)22(27)28-3/h4-12H,13H2,1-3H3. The molecule has 0 bridgehead atoms. The van der Waals surface area contributed by atoms with E-state index in [1.54, 1.807) is 22.8 Å². The topological polar surface area (TPSA) is 74.3 Å². The van der Waals surface area contributed by atoms with Crippen LogP contribution < -0.4 is 5.56 Å². The highest BCUT2D eigenvalue weighted by molar-refractivity contribution is 7.98. The first-order valence-electron chi connectivity index (χ1n) is 9.37. The van der Waals surface area contributed by atoms with Crippen LogP contribution in [0.25, 0.3) is 16.6 Å². The molecule has 152 valence electrons. The monoisotopic (exact) mass is 420 g/mol. The molecule has 0 saturated heterocycles. The number of carbonyl (C=O) groups is 1. The molecule has 0 atom stereocenters. The van der Waals surface area contributed by atoms with Crippen LogP contribution in [0.4, 0.5) is 0 Å². The van der Waals surface area contributed by atoms with E-state index in [4.69, 9.17) is 9.40 Å². The van der Waals surface area contributed by atoms with E-state index in [1.807, 2.05) is 50.2 Å². The van der Waals surface area contributed by atoms with E-state index in [2.05, 4.69) is 4.74 Å². The lowest BCUT2D eigenvalue weighted by molar-refractivity contribution is 0.0563. The first-order chi connectivity index (χ1) is 14.5. The molecule has 0 unspecified atom stereocenters. The van der Waals surface area contributed by atoms with Crippen molar-refractivity contribution in [3.05, 3.63) is 87.6 Å². The van der Waals surface area contributed by atoms with Gasteiger partial charge in [-0.2, -0.15) is 0 Å². The predicted octanol–water partition coefficient (Wildman–Crippen LogP) is 4.67. The number of rotatable bonds is 5. The summed E-state index contributed by atoms with van der Waals surface area (Å²) >= 11 is 1.38. The number of aromatic nitrogens is 2. The van der Waals surface area contributed by atoms with Crippen molar-refractivity contribution in [1.29, 1.82) is 0 Å². The van der Waals surface area contributed by atoms with Crippen LogP contribution in [-0.2, 0) is 10.5 Å². The maximum atomic E-state index is 13.4. The Kier molecular flexibility index (Phi) is 5.46. The van der Waals surface area contributed by atoms with Gasteiger partial charge in [0.25, 0.3) is 5.56 Å². The van der Waals surface area contributed by atoms with Crippen molar-refractivity contribution >= 4 is 28.6 Å². The van der Waals surface area contributed by atoms with Crippen LogP contribution >= 0.6 is 11.8 Å². The summed E-state index contributed by atoms with van der Waals surface area (Å²) in [5.74, 6) is 0.621. The molecule has 30 heavy (non-hydrogen) atoms. The second-order valence-corrected chi connectivity index (χ2v) is 7.83. The van der Waals surface area contributed by atoms with Crippen molar-refractivity contribution in [3.63, 3.8) is 0 Å². The van der Waals surface area contributed by atoms with E-state index in [0.717, 1.165) is 16.8 Å². The molecule has 2 heterocycles. The number of fused-ring (bicyclic) bond motifs is 1. The Hall–Kier alpha value is -3.32. The minimum absolute atomic E-state index is 0.121. The number of nitrogens with zero attached hydrogens (tertiary/aromatic N) is 2. The molecule has 4 aromatic rings. The fraction of sp³-hybridized carbons (Fsp3) is 0.174. The first-order valence-corrected chi connectivity index (χ1v) is 10.4. The highest BCUT2D eigenvalue weighted by Gasteiger charge is 2.17. The van der Waals surface area contributed by atoms with Crippen LogP contribution in [0.1, 0.15) is 27.4 Å². The number of furan rings is 1. The molecule has 0 amide bonds. The third-order valence-corrected chi connectivity index (χ3v) is 5.69. The van der Waals surface area contributed by atoms with Crippen molar-refractivity contribution < 1.29 is 13.9 Å². The first kappa shape index (κ1) is 20.0. The highest BCUT2D eigenvalue weighted by Crippen LogP contribution is 2.27. The lowest BCUT2D eigenvalue weighted by Crippen LogP contribution is -2.22. The number of benzene rings is 2. The summed E-state index contributed by atoms with van der Waals surface area (Å²) in [6, 6.07) is 16.6. The molecule has 0 aliphatic heterocycles. The van der Waals surface area contributed by atoms with Gasteiger partial charge in [-0.05, 0) is 49.7 Å². The summed E-state index contributed by atoms with van der Waals surface area (Å²) in [6.07, 6.45) is 0. The minimum atomic E-state index is -0.526. The van der Waals surface area contributed by atoms with Gasteiger partial charge in [-0.1, -0.05) is 41.6 Å². The van der Waals surface area contributed by atoms with Crippen molar-refractivity contribution in [3.8, 4) is 5.69 Å². The van der Waals surface area contributed by atoms with Crippen LogP contribution in [0.2, 0.25) is 0 Å². The van der Waals surface area contributed by atoms with E-state index < -0.39 is 5.97 Å². The van der Waals surface area contributed by atoms with Crippen LogP contribution in [-0.4, -0.2) is 22.6 Å². The van der Waals surface area contributed by atoms with Gasteiger partial charge in [-0.15, -0.1) is 0 Å². The average Bonchev–Trinajstić information content (AvgIpc) is 3.22. The molecule has 0 radical (unpaired) electrons. The van der Waals surface area contributed by atoms with Crippen LogP contribution in [0, 0.1) is 13.8 Å². The number of carbonyl (C=O) groups excluding carboxylic acids is 1. The maximum absolute atomic E-state index is 13.4. The molecule has 0 aliphatic carbocycles. The fourth-order valence-electron chi connectivity index (χ4n) is 3.28. The van der Waals surface area contributed by atoms with Crippen molar-refractivity contribution in [2.75, 3.05) is 7.11 Å². The van der Waals surface area contributed by atoms with Crippen LogP contribution in [0.15, 0.2) is 69.0 Å². The summed E-state index contributed by atoms with van der Waals surface area (Å²) in [6.45, 7) is 4.00. The normalized spacial score (nSPS) is 11.0. The van der Waals surface area contributed by atoms with E-state index in [0.29, 0.717) is 27.6 Å². The van der Waals surface area contributed by atoms with Gasteiger partial charge < -0.3 is 9.15 Å². The fourth-order valence-corrected chi connectivity index (χ4v) is 4.18. The summed E-state index contributed by atoms with van der Waals surface area (Å²) in [5, 5.41) is 1.12. The van der Waals surface area contributed by atoms with Crippen molar-refractivity contribution in [2.24, 2.45) is 0 Å². The Morgan fingerprint density at radius 3 is 2.70 bits per heavy atom. The molecule has 2 aromatic heterocycles. The lowest BCUT2D eigenvalue weighted by Gasteiger charge is -2.15. The number of ether oxygens (including phenoxy) is 1. The van der Waals surface area contributed by atoms with E-state index in [9.17, 15) is 9.59 Å². The zero-order valence-electron chi connectivity index (χ0n) is 16.8. The number of hydrogen-bond donors (Lipinski definition) is 0. The highest BCUT2D eigenvalue weighted by atomic mass is 32.2. The molecule has 0 spiro atoms. The number of para-hydroxylation sites is 1. The summed E-state index contributed by atoms with van der Waals surface area (Å²) < 4.78 is 11.9. The number of esters is 1. The quantitative estimate of drug-likeness (QED) is 0.265. The van der Waals surface area contributed by atoms with Gasteiger partial charge in [0.15, 0.2) is 5.16 Å². The molecule has 0 N–H and O–H groups in total. The molecule has 0 saturated carbocycles. The zero-order chi connectivity index (χ0) is 21.3. The van der Waals surface area contributed by atoms with Gasteiger partial charge in [0.1, 0.15) is 5.76 Å². The number of methoxy groups -OCH3 is 1. The smallest absolute Gasteiger partial charge is 0.373 e. The van der Waals surface area contributed by atoms with Crippen molar-refractivity contribution in [1.82, 2.24) is 9.55 Å². The Labute approximate surface area is 177 Å². The van der Waals surface area contributed by atoms with E-state index >= 15 is 0 Å². The van der Waals surface area contributed by atoms with E-state index in [-0.39, 0.29) is 11.3 Å². The van der Waals surface area contributed by atoms with Gasteiger partial charge in [-0.25, -0.2) is 9.78 Å². The Balaban J connectivity index is 1.79.